The first-order valence-electron chi connectivity index (χ1n) is 8.52. The number of halogens is 1. The summed E-state index contributed by atoms with van der Waals surface area (Å²) in [5.74, 6) is 0.305. The summed E-state index contributed by atoms with van der Waals surface area (Å²) in [6.45, 7) is 8.45. The van der Waals surface area contributed by atoms with Crippen LogP contribution in [0.2, 0.25) is 0 Å². The molecule has 0 spiro atoms. The fourth-order valence-electron chi connectivity index (χ4n) is 2.99. The van der Waals surface area contributed by atoms with Crippen LogP contribution >= 0.6 is 12.4 Å². The number of amides is 1. The third kappa shape index (κ3) is 5.31. The van der Waals surface area contributed by atoms with Crippen LogP contribution in [0.3, 0.4) is 0 Å². The molecule has 1 unspecified atom stereocenters. The second-order valence-corrected chi connectivity index (χ2v) is 7.65. The number of nitrogens with one attached hydrogen (secondary N) is 3. The van der Waals surface area contributed by atoms with Gasteiger partial charge in [-0.3, -0.25) is 14.6 Å². The Balaban J connectivity index is 0.00000225. The minimum Gasteiger partial charge on any atom is -0.315 e. The zero-order chi connectivity index (χ0) is 17.2. The van der Waals surface area contributed by atoms with E-state index in [1.807, 2.05) is 16.9 Å². The summed E-state index contributed by atoms with van der Waals surface area (Å²) in [5.41, 5.74) is 1.60. The Bertz CT molecular complexity index is 696. The van der Waals surface area contributed by atoms with Gasteiger partial charge in [-0.1, -0.05) is 20.8 Å². The number of aromatic nitrogens is 4. The second-order valence-electron chi connectivity index (χ2n) is 7.65. The molecule has 7 nitrogen and oxygen atoms in total. The van der Waals surface area contributed by atoms with Crippen molar-refractivity contribution in [3.05, 3.63) is 29.7 Å². The molecule has 0 radical (unpaired) electrons. The van der Waals surface area contributed by atoms with Crippen LogP contribution in [0.4, 0.5) is 5.82 Å². The van der Waals surface area contributed by atoms with Gasteiger partial charge in [0.1, 0.15) is 0 Å². The molecule has 1 amide bonds. The number of anilines is 1. The Morgan fingerprint density at radius 1 is 1.44 bits per heavy atom. The fourth-order valence-corrected chi connectivity index (χ4v) is 2.99. The Kier molecular flexibility index (Phi) is 6.24. The summed E-state index contributed by atoms with van der Waals surface area (Å²) in [4.78, 5) is 12.3. The molecule has 1 atom stereocenters. The number of hydrogen-bond donors (Lipinski definition) is 3. The number of piperidine rings is 1. The van der Waals surface area contributed by atoms with Crippen LogP contribution in [0.15, 0.2) is 18.3 Å². The molecular weight excluding hydrogens is 340 g/mol. The quantitative estimate of drug-likeness (QED) is 0.776. The first-order valence-corrected chi connectivity index (χ1v) is 8.52. The normalized spacial score (nSPS) is 17.8. The topological polar surface area (TPSA) is 87.6 Å². The zero-order valence-corrected chi connectivity index (χ0v) is 15.8. The van der Waals surface area contributed by atoms with E-state index >= 15 is 0 Å². The lowest BCUT2D eigenvalue weighted by molar-refractivity contribution is 0.102. The van der Waals surface area contributed by atoms with Crippen LogP contribution in [0.1, 0.15) is 55.8 Å². The van der Waals surface area contributed by atoms with E-state index in [-0.39, 0.29) is 23.7 Å². The highest BCUT2D eigenvalue weighted by Crippen LogP contribution is 2.21. The summed E-state index contributed by atoms with van der Waals surface area (Å²) < 4.78 is 1.89. The number of nitrogens with zero attached hydrogens (tertiary/aromatic N) is 3. The smallest absolute Gasteiger partial charge is 0.277 e. The van der Waals surface area contributed by atoms with Gasteiger partial charge < -0.3 is 10.6 Å². The predicted molar refractivity (Wildman–Crippen MR) is 100 cm³/mol. The highest BCUT2D eigenvalue weighted by molar-refractivity contribution is 6.02. The molecule has 3 rings (SSSR count). The van der Waals surface area contributed by atoms with Crippen molar-refractivity contribution in [3.63, 3.8) is 0 Å². The number of aromatic amines is 1. The molecule has 3 N–H and O–H groups in total. The molecule has 8 heteroatoms. The highest BCUT2D eigenvalue weighted by Gasteiger charge is 2.19. The number of H-pyrrole nitrogens is 1. The van der Waals surface area contributed by atoms with Gasteiger partial charge >= 0.3 is 0 Å². The van der Waals surface area contributed by atoms with Crippen LogP contribution in [0, 0.1) is 5.41 Å². The monoisotopic (exact) mass is 366 g/mol. The standard InChI is InChI=1S/C17H26N6O.ClH/c1-17(2,3)10-12-9-15(21-20-12)19-16(24)14-6-8-23(22-14)13-5-4-7-18-11-13;/h6,8-9,13,18H,4-5,7,10-11H2,1-3H3,(H2,19,20,21,24);1H. The number of carbonyl (C=O) groups is 1. The molecule has 0 bridgehead atoms. The van der Waals surface area contributed by atoms with Crippen LogP contribution in [0.5, 0.6) is 0 Å². The molecule has 0 aromatic carbocycles. The lowest BCUT2D eigenvalue weighted by atomic mass is 9.91. The highest BCUT2D eigenvalue weighted by atomic mass is 35.5. The molecular formula is C17H27ClN6O. The van der Waals surface area contributed by atoms with E-state index in [0.29, 0.717) is 17.6 Å². The van der Waals surface area contributed by atoms with E-state index in [1.54, 1.807) is 6.07 Å². The summed E-state index contributed by atoms with van der Waals surface area (Å²) in [7, 11) is 0. The Labute approximate surface area is 154 Å². The van der Waals surface area contributed by atoms with E-state index in [9.17, 15) is 4.79 Å². The van der Waals surface area contributed by atoms with Gasteiger partial charge in [-0.2, -0.15) is 10.2 Å². The summed E-state index contributed by atoms with van der Waals surface area (Å²) in [6, 6.07) is 3.96. The van der Waals surface area contributed by atoms with E-state index in [1.165, 1.54) is 0 Å². The Morgan fingerprint density at radius 2 is 2.24 bits per heavy atom. The van der Waals surface area contributed by atoms with E-state index in [0.717, 1.165) is 38.0 Å². The van der Waals surface area contributed by atoms with E-state index in [2.05, 4.69) is 46.7 Å². The van der Waals surface area contributed by atoms with Gasteiger partial charge in [0, 0.05) is 24.5 Å². The van der Waals surface area contributed by atoms with Gasteiger partial charge in [0.15, 0.2) is 11.5 Å². The van der Waals surface area contributed by atoms with Gasteiger partial charge in [-0.25, -0.2) is 0 Å². The number of carbonyl (C=O) groups excluding carboxylic acids is 1. The lowest BCUT2D eigenvalue weighted by Crippen LogP contribution is -2.32. The van der Waals surface area contributed by atoms with Gasteiger partial charge in [0.25, 0.3) is 5.91 Å². The van der Waals surface area contributed by atoms with Gasteiger partial charge in [-0.15, -0.1) is 12.4 Å². The molecule has 2 aromatic rings. The van der Waals surface area contributed by atoms with Crippen LogP contribution < -0.4 is 10.6 Å². The molecule has 25 heavy (non-hydrogen) atoms. The van der Waals surface area contributed by atoms with Crippen molar-refractivity contribution < 1.29 is 4.79 Å². The molecule has 1 aliphatic rings. The maximum atomic E-state index is 12.3. The van der Waals surface area contributed by atoms with Crippen LogP contribution in [-0.2, 0) is 6.42 Å². The number of rotatable bonds is 4. The molecule has 138 valence electrons. The summed E-state index contributed by atoms with van der Waals surface area (Å²) in [5, 5.41) is 17.7. The lowest BCUT2D eigenvalue weighted by Gasteiger charge is -2.22. The van der Waals surface area contributed by atoms with Crippen molar-refractivity contribution in [1.29, 1.82) is 0 Å². The van der Waals surface area contributed by atoms with Crippen molar-refractivity contribution in [2.45, 2.75) is 46.1 Å². The number of hydrogen-bond acceptors (Lipinski definition) is 4. The summed E-state index contributed by atoms with van der Waals surface area (Å²) in [6.07, 6.45) is 4.97. The largest absolute Gasteiger partial charge is 0.315 e. The molecule has 1 aliphatic heterocycles. The molecule has 1 fully saturated rings. The van der Waals surface area contributed by atoms with Crippen LogP contribution in [-0.4, -0.2) is 39.0 Å². The van der Waals surface area contributed by atoms with Gasteiger partial charge in [0.2, 0.25) is 0 Å². The third-order valence-electron chi connectivity index (χ3n) is 4.08. The predicted octanol–water partition coefficient (Wildman–Crippen LogP) is 2.79. The molecule has 0 saturated carbocycles. The third-order valence-corrected chi connectivity index (χ3v) is 4.08. The SMILES string of the molecule is CC(C)(C)Cc1cc(NC(=O)c2ccn(C3CCCNC3)n2)n[nH]1.Cl. The molecule has 3 heterocycles. The Morgan fingerprint density at radius 3 is 2.92 bits per heavy atom. The van der Waals surface area contributed by atoms with Crippen molar-refractivity contribution >= 4 is 24.1 Å². The Hall–Kier alpha value is -1.86. The maximum absolute atomic E-state index is 12.3. The fraction of sp³-hybridized carbons (Fsp3) is 0.588. The van der Waals surface area contributed by atoms with Gasteiger partial charge in [-0.05, 0) is 37.3 Å². The maximum Gasteiger partial charge on any atom is 0.277 e. The summed E-state index contributed by atoms with van der Waals surface area (Å²) >= 11 is 0. The molecule has 1 saturated heterocycles. The van der Waals surface area contributed by atoms with Gasteiger partial charge in [0.05, 0.1) is 6.04 Å². The first-order chi connectivity index (χ1) is 11.4. The molecule has 0 aliphatic carbocycles. The van der Waals surface area contributed by atoms with E-state index < -0.39 is 0 Å². The van der Waals surface area contributed by atoms with Crippen molar-refractivity contribution in [3.8, 4) is 0 Å². The molecule has 2 aromatic heterocycles. The minimum absolute atomic E-state index is 0. The average molecular weight is 367 g/mol. The zero-order valence-electron chi connectivity index (χ0n) is 15.0. The van der Waals surface area contributed by atoms with Crippen LogP contribution in [0.25, 0.3) is 0 Å². The van der Waals surface area contributed by atoms with E-state index in [4.69, 9.17) is 0 Å². The minimum atomic E-state index is -0.230. The first kappa shape index (κ1) is 19.5. The van der Waals surface area contributed by atoms with Crippen molar-refractivity contribution in [1.82, 2.24) is 25.3 Å². The second kappa shape index (κ2) is 8.01. The van der Waals surface area contributed by atoms with Crippen molar-refractivity contribution in [2.24, 2.45) is 5.41 Å². The van der Waals surface area contributed by atoms with Crippen molar-refractivity contribution in [2.75, 3.05) is 18.4 Å². The average Bonchev–Trinajstić information content (AvgIpc) is 3.16.